The summed E-state index contributed by atoms with van der Waals surface area (Å²) in [6.07, 6.45) is 2.04. The molecule has 0 aliphatic carbocycles. The quantitative estimate of drug-likeness (QED) is 0.738. The molecule has 1 aromatic carbocycles. The molecule has 2 aromatic heterocycles. The lowest BCUT2D eigenvalue weighted by molar-refractivity contribution is -0.120. The average molecular weight is 353 g/mol. The van der Waals surface area contributed by atoms with Crippen molar-refractivity contribution in [2.75, 3.05) is 7.11 Å². The number of benzene rings is 1. The highest BCUT2D eigenvalue weighted by Crippen LogP contribution is 2.30. The van der Waals surface area contributed by atoms with Crippen LogP contribution in [0.1, 0.15) is 16.3 Å². The standard InChI is InChI=1S/C19H19N3O2S/c1-13-17(11-18(23)21-12-15-7-3-4-9-20-15)25-19(22-13)14-6-5-8-16(10-14)24-2/h3-10H,11-12H2,1-2H3,(H,21,23). The number of ether oxygens (including phenoxy) is 1. The van der Waals surface area contributed by atoms with E-state index in [1.54, 1.807) is 13.3 Å². The van der Waals surface area contributed by atoms with Gasteiger partial charge in [-0.2, -0.15) is 0 Å². The average Bonchev–Trinajstić information content (AvgIpc) is 3.01. The molecule has 5 nitrogen and oxygen atoms in total. The van der Waals surface area contributed by atoms with Crippen LogP contribution in [0.3, 0.4) is 0 Å². The fourth-order valence-corrected chi connectivity index (χ4v) is 3.43. The third kappa shape index (κ3) is 4.42. The van der Waals surface area contributed by atoms with Crippen molar-refractivity contribution in [3.8, 4) is 16.3 Å². The Bertz CT molecular complexity index is 862. The molecule has 0 saturated carbocycles. The highest BCUT2D eigenvalue weighted by Gasteiger charge is 2.13. The minimum absolute atomic E-state index is 0.0328. The van der Waals surface area contributed by atoms with E-state index >= 15 is 0 Å². The molecule has 0 unspecified atom stereocenters. The van der Waals surface area contributed by atoms with Gasteiger partial charge in [0.15, 0.2) is 0 Å². The summed E-state index contributed by atoms with van der Waals surface area (Å²) < 4.78 is 5.26. The van der Waals surface area contributed by atoms with E-state index < -0.39 is 0 Å². The number of pyridine rings is 1. The van der Waals surface area contributed by atoms with Crippen molar-refractivity contribution in [1.82, 2.24) is 15.3 Å². The first-order valence-corrected chi connectivity index (χ1v) is 8.74. The van der Waals surface area contributed by atoms with Gasteiger partial charge >= 0.3 is 0 Å². The van der Waals surface area contributed by atoms with Crippen LogP contribution in [0.4, 0.5) is 0 Å². The molecule has 25 heavy (non-hydrogen) atoms. The lowest BCUT2D eigenvalue weighted by Gasteiger charge is -2.03. The fraction of sp³-hybridized carbons (Fsp3) is 0.211. The third-order valence-corrected chi connectivity index (χ3v) is 4.93. The predicted molar refractivity (Wildman–Crippen MR) is 98.6 cm³/mol. The van der Waals surface area contributed by atoms with Crippen molar-refractivity contribution in [2.45, 2.75) is 19.9 Å². The summed E-state index contributed by atoms with van der Waals surface area (Å²) in [5, 5.41) is 3.79. The maximum Gasteiger partial charge on any atom is 0.225 e. The molecule has 0 aliphatic heterocycles. The smallest absolute Gasteiger partial charge is 0.225 e. The predicted octanol–water partition coefficient (Wildman–Crippen LogP) is 3.38. The number of thiazole rings is 1. The van der Waals surface area contributed by atoms with E-state index in [0.717, 1.165) is 32.6 Å². The zero-order valence-corrected chi connectivity index (χ0v) is 15.0. The Balaban J connectivity index is 1.66. The van der Waals surface area contributed by atoms with E-state index in [0.29, 0.717) is 13.0 Å². The minimum Gasteiger partial charge on any atom is -0.497 e. The van der Waals surface area contributed by atoms with E-state index in [9.17, 15) is 4.79 Å². The Labute approximate surface area is 150 Å². The van der Waals surface area contributed by atoms with Crippen LogP contribution in [0, 0.1) is 6.92 Å². The van der Waals surface area contributed by atoms with E-state index in [2.05, 4.69) is 15.3 Å². The number of carbonyl (C=O) groups excluding carboxylic acids is 1. The Morgan fingerprint density at radius 3 is 2.88 bits per heavy atom. The van der Waals surface area contributed by atoms with Crippen LogP contribution < -0.4 is 10.1 Å². The normalized spacial score (nSPS) is 10.5. The molecule has 0 aliphatic rings. The van der Waals surface area contributed by atoms with Crippen molar-refractivity contribution >= 4 is 17.2 Å². The summed E-state index contributed by atoms with van der Waals surface area (Å²) in [7, 11) is 1.64. The molecule has 6 heteroatoms. The van der Waals surface area contributed by atoms with Crippen LogP contribution in [0.25, 0.3) is 10.6 Å². The van der Waals surface area contributed by atoms with Crippen LogP contribution in [0.5, 0.6) is 5.75 Å². The van der Waals surface area contributed by atoms with Gasteiger partial charge in [-0.15, -0.1) is 11.3 Å². The monoisotopic (exact) mass is 353 g/mol. The van der Waals surface area contributed by atoms with E-state index in [1.165, 1.54) is 11.3 Å². The zero-order valence-electron chi connectivity index (χ0n) is 14.2. The topological polar surface area (TPSA) is 64.1 Å². The SMILES string of the molecule is COc1cccc(-c2nc(C)c(CC(=O)NCc3ccccn3)s2)c1. The van der Waals surface area contributed by atoms with Gasteiger partial charge in [0.2, 0.25) is 5.91 Å². The highest BCUT2D eigenvalue weighted by atomic mass is 32.1. The van der Waals surface area contributed by atoms with E-state index in [-0.39, 0.29) is 5.91 Å². The molecule has 2 heterocycles. The van der Waals surface area contributed by atoms with Gasteiger partial charge in [0.1, 0.15) is 10.8 Å². The maximum atomic E-state index is 12.2. The molecule has 3 rings (SSSR count). The first-order valence-electron chi connectivity index (χ1n) is 7.93. The highest BCUT2D eigenvalue weighted by molar-refractivity contribution is 7.15. The van der Waals surface area contributed by atoms with Crippen LogP contribution in [0.2, 0.25) is 0 Å². The molecule has 0 spiro atoms. The Morgan fingerprint density at radius 1 is 1.24 bits per heavy atom. The number of amides is 1. The third-order valence-electron chi connectivity index (χ3n) is 3.72. The van der Waals surface area contributed by atoms with Gasteiger partial charge in [0, 0.05) is 16.6 Å². The maximum absolute atomic E-state index is 12.2. The van der Waals surface area contributed by atoms with Crippen molar-refractivity contribution in [1.29, 1.82) is 0 Å². The van der Waals surface area contributed by atoms with Gasteiger partial charge in [0.05, 0.1) is 31.5 Å². The second-order valence-electron chi connectivity index (χ2n) is 5.53. The Kier molecular flexibility index (Phi) is 5.40. The second-order valence-corrected chi connectivity index (χ2v) is 6.62. The number of methoxy groups -OCH3 is 1. The van der Waals surface area contributed by atoms with Crippen LogP contribution in [0.15, 0.2) is 48.7 Å². The Hall–Kier alpha value is -2.73. The first-order chi connectivity index (χ1) is 12.2. The Morgan fingerprint density at radius 2 is 2.12 bits per heavy atom. The molecule has 1 N–H and O–H groups in total. The number of hydrogen-bond acceptors (Lipinski definition) is 5. The number of nitrogens with one attached hydrogen (secondary N) is 1. The fourth-order valence-electron chi connectivity index (χ4n) is 2.37. The molecular formula is C19H19N3O2S. The molecule has 0 fully saturated rings. The lowest BCUT2D eigenvalue weighted by Crippen LogP contribution is -2.24. The van der Waals surface area contributed by atoms with Gasteiger partial charge in [-0.3, -0.25) is 9.78 Å². The summed E-state index contributed by atoms with van der Waals surface area (Å²) >= 11 is 1.54. The molecule has 0 bridgehead atoms. The molecule has 128 valence electrons. The largest absolute Gasteiger partial charge is 0.497 e. The van der Waals surface area contributed by atoms with Crippen LogP contribution >= 0.6 is 11.3 Å². The van der Waals surface area contributed by atoms with Crippen molar-refractivity contribution in [2.24, 2.45) is 0 Å². The summed E-state index contributed by atoms with van der Waals surface area (Å²) in [5.41, 5.74) is 2.72. The zero-order chi connectivity index (χ0) is 17.6. The second kappa shape index (κ2) is 7.90. The van der Waals surface area contributed by atoms with Gasteiger partial charge in [-0.05, 0) is 31.2 Å². The van der Waals surface area contributed by atoms with Crippen molar-refractivity contribution < 1.29 is 9.53 Å². The number of aromatic nitrogens is 2. The number of carbonyl (C=O) groups is 1. The first kappa shape index (κ1) is 17.1. The molecule has 0 saturated heterocycles. The van der Waals surface area contributed by atoms with E-state index in [4.69, 9.17) is 4.74 Å². The molecular weight excluding hydrogens is 334 g/mol. The van der Waals surface area contributed by atoms with Crippen molar-refractivity contribution in [3.63, 3.8) is 0 Å². The molecule has 1 amide bonds. The van der Waals surface area contributed by atoms with Crippen LogP contribution in [-0.4, -0.2) is 23.0 Å². The molecule has 0 radical (unpaired) electrons. The van der Waals surface area contributed by atoms with Crippen LogP contribution in [-0.2, 0) is 17.8 Å². The number of hydrogen-bond donors (Lipinski definition) is 1. The van der Waals surface area contributed by atoms with Crippen molar-refractivity contribution in [3.05, 3.63) is 64.9 Å². The number of nitrogens with zero attached hydrogens (tertiary/aromatic N) is 2. The molecule has 3 aromatic rings. The summed E-state index contributed by atoms with van der Waals surface area (Å²) in [6.45, 7) is 2.36. The van der Waals surface area contributed by atoms with Gasteiger partial charge in [-0.25, -0.2) is 4.98 Å². The van der Waals surface area contributed by atoms with E-state index in [1.807, 2.05) is 49.4 Å². The summed E-state index contributed by atoms with van der Waals surface area (Å²) in [6, 6.07) is 13.4. The van der Waals surface area contributed by atoms with Gasteiger partial charge in [0.25, 0.3) is 0 Å². The molecule has 0 atom stereocenters. The summed E-state index contributed by atoms with van der Waals surface area (Å²) in [4.78, 5) is 22.0. The van der Waals surface area contributed by atoms with Gasteiger partial charge < -0.3 is 10.1 Å². The number of rotatable bonds is 6. The van der Waals surface area contributed by atoms with Gasteiger partial charge in [-0.1, -0.05) is 18.2 Å². The lowest BCUT2D eigenvalue weighted by atomic mass is 10.2. The number of aryl methyl sites for hydroxylation is 1. The summed E-state index contributed by atoms with van der Waals surface area (Å²) in [5.74, 6) is 0.759. The minimum atomic E-state index is -0.0328.